The van der Waals surface area contributed by atoms with Crippen molar-refractivity contribution >= 4 is 27.5 Å². The zero-order chi connectivity index (χ0) is 12.3. The van der Waals surface area contributed by atoms with Crippen molar-refractivity contribution in [3.8, 4) is 17.7 Å². The Bertz CT molecular complexity index is 580. The van der Waals surface area contributed by atoms with Gasteiger partial charge in [0.05, 0.1) is 16.9 Å². The lowest BCUT2D eigenvalue weighted by molar-refractivity contribution is 0.457. The quantitative estimate of drug-likeness (QED) is 0.851. The van der Waals surface area contributed by atoms with Gasteiger partial charge in [0.15, 0.2) is 5.69 Å². The van der Waals surface area contributed by atoms with Crippen molar-refractivity contribution in [3.05, 3.63) is 45.8 Å². The molecule has 17 heavy (non-hydrogen) atoms. The molecule has 1 aromatic heterocycles. The zero-order valence-electron chi connectivity index (χ0n) is 8.39. The van der Waals surface area contributed by atoms with Gasteiger partial charge in [0.1, 0.15) is 11.8 Å². The first-order chi connectivity index (χ1) is 8.19. The first-order valence-electron chi connectivity index (χ1n) is 4.54. The van der Waals surface area contributed by atoms with Crippen LogP contribution >= 0.6 is 27.5 Å². The molecule has 0 radical (unpaired) electrons. The number of nitriles is 1. The fraction of sp³-hybridized carbons (Fsp3) is 0. The maximum absolute atomic E-state index is 8.58. The van der Waals surface area contributed by atoms with Crippen molar-refractivity contribution in [1.82, 2.24) is 9.97 Å². The van der Waals surface area contributed by atoms with E-state index in [0.29, 0.717) is 16.7 Å². The summed E-state index contributed by atoms with van der Waals surface area (Å²) in [6, 6.07) is 7.02. The molecule has 0 bridgehead atoms. The minimum atomic E-state index is 0.243. The molecule has 0 aliphatic heterocycles. The number of hydrogen-bond acceptors (Lipinski definition) is 4. The van der Waals surface area contributed by atoms with E-state index < -0.39 is 0 Å². The molecule has 0 fully saturated rings. The summed E-state index contributed by atoms with van der Waals surface area (Å²) in [6.07, 6.45) is 2.73. The predicted molar refractivity (Wildman–Crippen MR) is 66.0 cm³/mol. The molecule has 0 N–H and O–H groups in total. The number of hydrogen-bond donors (Lipinski definition) is 0. The molecular formula is C11H5BrClN3O. The Labute approximate surface area is 111 Å². The lowest BCUT2D eigenvalue weighted by Gasteiger charge is -2.06. The van der Waals surface area contributed by atoms with Crippen LogP contribution in [0.5, 0.6) is 11.6 Å². The molecule has 1 aromatic carbocycles. The Hall–Kier alpha value is -1.64. The highest BCUT2D eigenvalue weighted by Gasteiger charge is 2.05. The van der Waals surface area contributed by atoms with E-state index in [-0.39, 0.29) is 5.69 Å². The predicted octanol–water partition coefficient (Wildman–Crippen LogP) is 3.56. The number of aromatic nitrogens is 2. The number of rotatable bonds is 2. The largest absolute Gasteiger partial charge is 0.436 e. The van der Waals surface area contributed by atoms with Gasteiger partial charge in [0.2, 0.25) is 5.88 Å². The standard InChI is InChI=1S/C11H5BrClN3O/c12-9-3-7(13)1-2-10(9)17-11-6-15-8(4-14)5-16-11/h1-3,5-6H. The van der Waals surface area contributed by atoms with Gasteiger partial charge in [-0.15, -0.1) is 0 Å². The fourth-order valence-electron chi connectivity index (χ4n) is 1.10. The molecule has 0 saturated carbocycles. The van der Waals surface area contributed by atoms with Crippen molar-refractivity contribution in [2.24, 2.45) is 0 Å². The van der Waals surface area contributed by atoms with E-state index in [9.17, 15) is 0 Å². The van der Waals surface area contributed by atoms with Crippen molar-refractivity contribution in [2.75, 3.05) is 0 Å². The van der Waals surface area contributed by atoms with E-state index in [1.54, 1.807) is 18.2 Å². The van der Waals surface area contributed by atoms with Crippen molar-refractivity contribution < 1.29 is 4.74 Å². The molecule has 6 heteroatoms. The highest BCUT2D eigenvalue weighted by Crippen LogP contribution is 2.30. The normalized spacial score (nSPS) is 9.71. The Morgan fingerprint density at radius 1 is 1.29 bits per heavy atom. The lowest BCUT2D eigenvalue weighted by atomic mass is 10.3. The zero-order valence-corrected chi connectivity index (χ0v) is 10.7. The van der Waals surface area contributed by atoms with Crippen molar-refractivity contribution in [1.29, 1.82) is 5.26 Å². The SMILES string of the molecule is N#Cc1cnc(Oc2ccc(Cl)cc2Br)cn1. The lowest BCUT2D eigenvalue weighted by Crippen LogP contribution is -1.91. The topological polar surface area (TPSA) is 58.8 Å². The smallest absolute Gasteiger partial charge is 0.237 e. The second kappa shape index (κ2) is 5.13. The molecule has 0 aliphatic rings. The third-order valence-corrected chi connectivity index (χ3v) is 2.71. The van der Waals surface area contributed by atoms with Crippen molar-refractivity contribution in [2.45, 2.75) is 0 Å². The Kier molecular flexibility index (Phi) is 3.57. The summed E-state index contributed by atoms with van der Waals surface area (Å²) in [5.41, 5.74) is 0.243. The van der Waals surface area contributed by atoms with Crippen LogP contribution in [0, 0.1) is 11.3 Å². The molecule has 0 saturated heterocycles. The molecule has 0 aliphatic carbocycles. The summed E-state index contributed by atoms with van der Waals surface area (Å²) >= 11 is 9.13. The summed E-state index contributed by atoms with van der Waals surface area (Å²) in [4.78, 5) is 7.80. The molecule has 0 atom stereocenters. The van der Waals surface area contributed by atoms with Crippen LogP contribution in [0.25, 0.3) is 0 Å². The van der Waals surface area contributed by atoms with Crippen LogP contribution in [0.15, 0.2) is 35.1 Å². The molecule has 2 aromatic rings. The van der Waals surface area contributed by atoms with Crippen molar-refractivity contribution in [3.63, 3.8) is 0 Å². The third kappa shape index (κ3) is 2.93. The van der Waals surface area contributed by atoms with E-state index >= 15 is 0 Å². The number of benzene rings is 1. The van der Waals surface area contributed by atoms with Gasteiger partial charge in [-0.25, -0.2) is 9.97 Å². The molecule has 1 heterocycles. The summed E-state index contributed by atoms with van der Waals surface area (Å²) in [5.74, 6) is 0.889. The molecular weight excluding hydrogens is 305 g/mol. The average Bonchev–Trinajstić information content (AvgIpc) is 2.34. The van der Waals surface area contributed by atoms with Gasteiger partial charge < -0.3 is 4.74 Å². The molecule has 0 spiro atoms. The Balaban J connectivity index is 2.23. The fourth-order valence-corrected chi connectivity index (χ4v) is 1.86. The summed E-state index contributed by atoms with van der Waals surface area (Å²) in [6.45, 7) is 0. The van der Waals surface area contributed by atoms with E-state index in [0.717, 1.165) is 4.47 Å². The highest BCUT2D eigenvalue weighted by molar-refractivity contribution is 9.10. The third-order valence-electron chi connectivity index (χ3n) is 1.85. The van der Waals surface area contributed by atoms with Gasteiger partial charge >= 0.3 is 0 Å². The second-order valence-electron chi connectivity index (χ2n) is 3.03. The van der Waals surface area contributed by atoms with E-state index in [4.69, 9.17) is 21.6 Å². The van der Waals surface area contributed by atoms with Gasteiger partial charge in [0, 0.05) is 5.02 Å². The van der Waals surface area contributed by atoms with Gasteiger partial charge in [-0.3, -0.25) is 0 Å². The van der Waals surface area contributed by atoms with E-state index in [2.05, 4.69) is 25.9 Å². The average molecular weight is 311 g/mol. The Morgan fingerprint density at radius 3 is 2.71 bits per heavy atom. The van der Waals surface area contributed by atoms with Gasteiger partial charge in [-0.05, 0) is 34.1 Å². The maximum Gasteiger partial charge on any atom is 0.237 e. The van der Waals surface area contributed by atoms with Gasteiger partial charge in [-0.2, -0.15) is 5.26 Å². The molecule has 2 rings (SSSR count). The van der Waals surface area contributed by atoms with Crippen LogP contribution in [-0.2, 0) is 0 Å². The van der Waals surface area contributed by atoms with Gasteiger partial charge in [0.25, 0.3) is 0 Å². The molecule has 84 valence electrons. The highest BCUT2D eigenvalue weighted by atomic mass is 79.9. The first-order valence-corrected chi connectivity index (χ1v) is 5.71. The van der Waals surface area contributed by atoms with Crippen LogP contribution < -0.4 is 4.74 Å². The monoisotopic (exact) mass is 309 g/mol. The van der Waals surface area contributed by atoms with Crippen LogP contribution in [0.3, 0.4) is 0 Å². The summed E-state index contributed by atoms with van der Waals surface area (Å²) < 4.78 is 6.19. The number of halogens is 2. The second-order valence-corrected chi connectivity index (χ2v) is 4.32. The summed E-state index contributed by atoms with van der Waals surface area (Å²) in [5, 5.41) is 9.18. The van der Waals surface area contributed by atoms with Crippen LogP contribution in [-0.4, -0.2) is 9.97 Å². The summed E-state index contributed by atoms with van der Waals surface area (Å²) in [7, 11) is 0. The van der Waals surface area contributed by atoms with Crippen LogP contribution in [0.4, 0.5) is 0 Å². The van der Waals surface area contributed by atoms with E-state index in [1.807, 2.05) is 6.07 Å². The number of ether oxygens (including phenoxy) is 1. The first kappa shape index (κ1) is 11.8. The van der Waals surface area contributed by atoms with Crippen LogP contribution in [0.2, 0.25) is 5.02 Å². The van der Waals surface area contributed by atoms with E-state index in [1.165, 1.54) is 12.4 Å². The molecule has 4 nitrogen and oxygen atoms in total. The molecule has 0 amide bonds. The van der Waals surface area contributed by atoms with Gasteiger partial charge in [-0.1, -0.05) is 11.6 Å². The van der Waals surface area contributed by atoms with Crippen LogP contribution in [0.1, 0.15) is 5.69 Å². The molecule has 0 unspecified atom stereocenters. The number of nitrogens with zero attached hydrogens (tertiary/aromatic N) is 3. The Morgan fingerprint density at radius 2 is 2.12 bits per heavy atom. The minimum Gasteiger partial charge on any atom is -0.436 e. The maximum atomic E-state index is 8.58. The minimum absolute atomic E-state index is 0.243.